The lowest BCUT2D eigenvalue weighted by Gasteiger charge is -2.17. The van der Waals surface area contributed by atoms with Gasteiger partial charge in [0.05, 0.1) is 19.8 Å². The zero-order valence-electron chi connectivity index (χ0n) is 25.7. The van der Waals surface area contributed by atoms with Gasteiger partial charge in [0.15, 0.2) is 11.5 Å². The van der Waals surface area contributed by atoms with Crippen LogP contribution in [0.5, 0.6) is 11.5 Å². The molecule has 0 aliphatic heterocycles. The summed E-state index contributed by atoms with van der Waals surface area (Å²) in [6.45, 7) is 11.9. The van der Waals surface area contributed by atoms with Crippen molar-refractivity contribution in [1.82, 2.24) is 0 Å². The maximum Gasteiger partial charge on any atom is 0.513 e. The Morgan fingerprint density at radius 2 is 1.31 bits per heavy atom. The Bertz CT molecular complexity index is 980. The van der Waals surface area contributed by atoms with E-state index in [1.54, 1.807) is 13.0 Å². The van der Waals surface area contributed by atoms with Gasteiger partial charge in [-0.05, 0) is 62.1 Å². The van der Waals surface area contributed by atoms with Crippen molar-refractivity contribution in [2.24, 2.45) is 17.6 Å². The van der Waals surface area contributed by atoms with Crippen molar-refractivity contribution in [3.8, 4) is 11.5 Å². The first-order chi connectivity index (χ1) is 19.9. The second-order valence-electron chi connectivity index (χ2n) is 10.7. The highest BCUT2D eigenvalue weighted by Crippen LogP contribution is 2.30. The van der Waals surface area contributed by atoms with E-state index in [9.17, 15) is 19.2 Å². The third kappa shape index (κ3) is 16.7. The number of unbranched alkanes of at least 4 members (excludes halogenated alkanes) is 2. The summed E-state index contributed by atoms with van der Waals surface area (Å²) in [5.74, 6) is -0.257. The lowest BCUT2D eigenvalue weighted by atomic mass is 10.1. The van der Waals surface area contributed by atoms with Gasteiger partial charge in [-0.15, -0.1) is 0 Å². The number of carbonyl (C=O) groups excluding carboxylic acids is 4. The van der Waals surface area contributed by atoms with E-state index in [0.29, 0.717) is 30.2 Å². The lowest BCUT2D eigenvalue weighted by molar-refractivity contribution is -0.152. The molecule has 0 fully saturated rings. The molecule has 12 nitrogen and oxygen atoms in total. The maximum atomic E-state index is 12.5. The fraction of sp³-hybridized carbons (Fsp3) is 0.667. The summed E-state index contributed by atoms with van der Waals surface area (Å²) in [7, 11) is 0. The third-order valence-electron chi connectivity index (χ3n) is 5.70. The quantitative estimate of drug-likeness (QED) is 0.0917. The predicted molar refractivity (Wildman–Crippen MR) is 153 cm³/mol. The van der Waals surface area contributed by atoms with Gasteiger partial charge in [-0.1, -0.05) is 53.5 Å². The zero-order valence-corrected chi connectivity index (χ0v) is 25.7. The first kappa shape index (κ1) is 36.5. The minimum atomic E-state index is -1.09. The maximum absolute atomic E-state index is 12.5. The molecule has 0 heterocycles. The standard InChI is InChI=1S/C30H47NO11/c1-7-8-9-14-36-28(33)39-19-22(6)40-27(32)24(31)17-23-10-11-25(41-29(34)37-15-12-20(2)3)26(18-23)42-30(35)38-16-13-21(4)5/h10-11,18,20-22,24H,7-9,12-17,19,31H2,1-6H3/t22-,24-/m0/s1. The SMILES string of the molecule is CCCCCOC(=O)OC[C@H](C)OC(=O)[C@@H](N)Cc1ccc(OC(=O)OCCC(C)C)c(OC(=O)OCCC(C)C)c1. The van der Waals surface area contributed by atoms with Crippen molar-refractivity contribution in [3.63, 3.8) is 0 Å². The first-order valence-electron chi connectivity index (χ1n) is 14.5. The van der Waals surface area contributed by atoms with Gasteiger partial charge in [-0.2, -0.15) is 0 Å². The highest BCUT2D eigenvalue weighted by Gasteiger charge is 2.22. The van der Waals surface area contributed by atoms with E-state index >= 15 is 0 Å². The summed E-state index contributed by atoms with van der Waals surface area (Å²) in [6, 6.07) is 3.28. The van der Waals surface area contributed by atoms with E-state index in [1.807, 2.05) is 34.6 Å². The number of nitrogens with two attached hydrogens (primary N) is 1. The summed E-state index contributed by atoms with van der Waals surface area (Å²) >= 11 is 0. The Morgan fingerprint density at radius 1 is 0.738 bits per heavy atom. The molecule has 238 valence electrons. The molecule has 0 spiro atoms. The van der Waals surface area contributed by atoms with Gasteiger partial charge >= 0.3 is 24.4 Å². The van der Waals surface area contributed by atoms with Crippen molar-refractivity contribution in [3.05, 3.63) is 23.8 Å². The number of carbonyl (C=O) groups is 4. The molecule has 0 aromatic heterocycles. The van der Waals surface area contributed by atoms with Crippen molar-refractivity contribution in [2.75, 3.05) is 26.4 Å². The molecule has 0 radical (unpaired) electrons. The summed E-state index contributed by atoms with van der Waals surface area (Å²) in [5, 5.41) is 0. The minimum absolute atomic E-state index is 0.00372. The molecule has 0 saturated heterocycles. The molecule has 0 aliphatic carbocycles. The largest absolute Gasteiger partial charge is 0.513 e. The topological polar surface area (TPSA) is 159 Å². The molecular formula is C30H47NO11. The van der Waals surface area contributed by atoms with Gasteiger partial charge in [0.25, 0.3) is 0 Å². The van der Waals surface area contributed by atoms with E-state index in [1.165, 1.54) is 12.1 Å². The van der Waals surface area contributed by atoms with Gasteiger partial charge in [-0.3, -0.25) is 4.79 Å². The highest BCUT2D eigenvalue weighted by molar-refractivity contribution is 5.76. The van der Waals surface area contributed by atoms with Crippen LogP contribution >= 0.6 is 0 Å². The molecule has 2 atom stereocenters. The smallest absolute Gasteiger partial charge is 0.458 e. The van der Waals surface area contributed by atoms with E-state index in [4.69, 9.17) is 38.9 Å². The molecule has 0 aliphatic rings. The summed E-state index contributed by atoms with van der Waals surface area (Å²) in [4.78, 5) is 48.6. The van der Waals surface area contributed by atoms with E-state index < -0.39 is 36.6 Å². The van der Waals surface area contributed by atoms with Crippen LogP contribution < -0.4 is 15.2 Å². The molecule has 0 saturated carbocycles. The minimum Gasteiger partial charge on any atom is -0.458 e. The number of hydrogen-bond acceptors (Lipinski definition) is 12. The van der Waals surface area contributed by atoms with Gasteiger partial charge < -0.3 is 38.9 Å². The van der Waals surface area contributed by atoms with Crippen molar-refractivity contribution in [2.45, 2.75) is 92.2 Å². The van der Waals surface area contributed by atoms with Crippen molar-refractivity contribution >= 4 is 24.4 Å². The van der Waals surface area contributed by atoms with E-state index in [0.717, 1.165) is 19.3 Å². The second kappa shape index (κ2) is 20.4. The molecule has 12 heteroatoms. The van der Waals surface area contributed by atoms with Gasteiger partial charge in [0.2, 0.25) is 0 Å². The molecule has 0 amide bonds. The van der Waals surface area contributed by atoms with Crippen molar-refractivity contribution < 1.29 is 52.3 Å². The Hall–Kier alpha value is -3.54. The Labute approximate surface area is 248 Å². The molecule has 42 heavy (non-hydrogen) atoms. The molecule has 1 aromatic rings. The molecule has 0 bridgehead atoms. The second-order valence-corrected chi connectivity index (χ2v) is 10.7. The van der Waals surface area contributed by atoms with Crippen molar-refractivity contribution in [1.29, 1.82) is 0 Å². The van der Waals surface area contributed by atoms with Crippen LogP contribution in [0.25, 0.3) is 0 Å². The number of rotatable bonds is 18. The Morgan fingerprint density at radius 3 is 1.88 bits per heavy atom. The average Bonchev–Trinajstić information content (AvgIpc) is 2.91. The van der Waals surface area contributed by atoms with E-state index in [2.05, 4.69) is 0 Å². The monoisotopic (exact) mass is 597 g/mol. The van der Waals surface area contributed by atoms with Crippen LogP contribution in [0.1, 0.15) is 79.2 Å². The van der Waals surface area contributed by atoms with Crippen LogP contribution in [0.4, 0.5) is 14.4 Å². The van der Waals surface area contributed by atoms with Gasteiger partial charge in [-0.25, -0.2) is 14.4 Å². The predicted octanol–water partition coefficient (Wildman–Crippen LogP) is 5.95. The number of ether oxygens (including phenoxy) is 7. The fourth-order valence-corrected chi connectivity index (χ4v) is 3.23. The lowest BCUT2D eigenvalue weighted by Crippen LogP contribution is -2.37. The molecule has 1 aromatic carbocycles. The van der Waals surface area contributed by atoms with E-state index in [-0.39, 0.29) is 44.3 Å². The summed E-state index contributed by atoms with van der Waals surface area (Å²) in [5.41, 5.74) is 6.54. The van der Waals surface area contributed by atoms with Gasteiger partial charge in [0.1, 0.15) is 18.8 Å². The van der Waals surface area contributed by atoms with Crippen LogP contribution in [0.2, 0.25) is 0 Å². The molecule has 0 unspecified atom stereocenters. The van der Waals surface area contributed by atoms with Crippen LogP contribution in [0.3, 0.4) is 0 Å². The summed E-state index contributed by atoms with van der Waals surface area (Å²) in [6.07, 6.45) is 0.448. The zero-order chi connectivity index (χ0) is 31.5. The van der Waals surface area contributed by atoms with Crippen LogP contribution in [0, 0.1) is 11.8 Å². The first-order valence-corrected chi connectivity index (χ1v) is 14.5. The number of benzene rings is 1. The van der Waals surface area contributed by atoms with Crippen LogP contribution in [-0.2, 0) is 34.9 Å². The number of esters is 1. The molecular weight excluding hydrogens is 550 g/mol. The normalized spacial score (nSPS) is 12.3. The molecule has 1 rings (SSSR count). The average molecular weight is 598 g/mol. The van der Waals surface area contributed by atoms with Crippen LogP contribution in [0.15, 0.2) is 18.2 Å². The highest BCUT2D eigenvalue weighted by atomic mass is 16.7. The Balaban J connectivity index is 2.78. The number of hydrogen-bond donors (Lipinski definition) is 1. The van der Waals surface area contributed by atoms with Gasteiger partial charge in [0, 0.05) is 0 Å². The van der Waals surface area contributed by atoms with Crippen LogP contribution in [-0.4, -0.2) is 63.0 Å². The summed E-state index contributed by atoms with van der Waals surface area (Å²) < 4.78 is 35.9. The third-order valence-corrected chi connectivity index (χ3v) is 5.70. The Kier molecular flexibility index (Phi) is 17.7. The fourth-order valence-electron chi connectivity index (χ4n) is 3.23. The molecule has 2 N–H and O–H groups in total.